The number of benzene rings is 1. The number of rotatable bonds is 9. The van der Waals surface area contributed by atoms with Crippen LogP contribution in [0.1, 0.15) is 55.3 Å². The molecular formula is C21H34N4O2. The van der Waals surface area contributed by atoms with E-state index >= 15 is 0 Å². The van der Waals surface area contributed by atoms with Crippen LogP contribution in [0.25, 0.3) is 0 Å². The molecule has 0 aromatic heterocycles. The van der Waals surface area contributed by atoms with Gasteiger partial charge in [-0.15, -0.1) is 0 Å². The Labute approximate surface area is 162 Å². The number of hydrogen-bond donors (Lipinski definition) is 2. The smallest absolute Gasteiger partial charge is 0.150 e. The van der Waals surface area contributed by atoms with E-state index in [0.29, 0.717) is 22.8 Å². The van der Waals surface area contributed by atoms with Gasteiger partial charge >= 0.3 is 0 Å². The van der Waals surface area contributed by atoms with Crippen LogP contribution in [0, 0.1) is 5.41 Å². The minimum atomic E-state index is 0.513. The van der Waals surface area contributed by atoms with Crippen LogP contribution >= 0.6 is 0 Å². The van der Waals surface area contributed by atoms with Crippen molar-refractivity contribution in [3.05, 3.63) is 23.8 Å². The van der Waals surface area contributed by atoms with E-state index in [9.17, 15) is 4.79 Å². The largest absolute Gasteiger partial charge is 0.397 e. The van der Waals surface area contributed by atoms with Crippen LogP contribution in [0.5, 0.6) is 0 Å². The number of carbonyl (C=O) groups is 1. The normalized spacial score (nSPS) is 19.8. The number of nitrogens with two attached hydrogens (primary N) is 2. The number of hydrazine groups is 1. The number of unbranched alkanes of at least 4 members (excludes halogenated alkanes) is 2. The molecule has 6 heteroatoms. The highest BCUT2D eigenvalue weighted by atomic mass is 16.5. The van der Waals surface area contributed by atoms with Crippen LogP contribution in [-0.4, -0.2) is 50.6 Å². The van der Waals surface area contributed by atoms with E-state index in [1.807, 2.05) is 13.2 Å². The van der Waals surface area contributed by atoms with Crippen molar-refractivity contribution in [1.82, 2.24) is 4.90 Å². The highest BCUT2D eigenvalue weighted by Gasteiger charge is 2.45. The molecule has 0 radical (unpaired) electrons. The Hall–Kier alpha value is -1.63. The first-order chi connectivity index (χ1) is 13.0. The molecule has 3 rings (SSSR count). The van der Waals surface area contributed by atoms with Crippen molar-refractivity contribution in [2.24, 2.45) is 11.3 Å². The average Bonchev–Trinajstić information content (AvgIpc) is 2.66. The second-order valence-corrected chi connectivity index (χ2v) is 8.30. The van der Waals surface area contributed by atoms with Crippen LogP contribution in [-0.2, 0) is 4.74 Å². The number of aldehydes is 1. The van der Waals surface area contributed by atoms with Gasteiger partial charge in [0.2, 0.25) is 0 Å². The monoisotopic (exact) mass is 374 g/mol. The zero-order chi connectivity index (χ0) is 19.3. The Morgan fingerprint density at radius 2 is 2.00 bits per heavy atom. The van der Waals surface area contributed by atoms with Gasteiger partial charge in [0, 0.05) is 19.2 Å². The topological polar surface area (TPSA) is 84.8 Å². The number of nitrogens with zero attached hydrogens (tertiary/aromatic N) is 2. The molecule has 1 spiro atoms. The van der Waals surface area contributed by atoms with Gasteiger partial charge in [-0.3, -0.25) is 4.79 Å². The molecule has 150 valence electrons. The maximum absolute atomic E-state index is 10.8. The SMILES string of the molecule is COC1CC2(CCN(CCCCCN(N)c3ccc(C=O)cc3N)CC2)C1. The number of piperidine rings is 1. The zero-order valence-corrected chi connectivity index (χ0v) is 16.5. The van der Waals surface area contributed by atoms with Crippen molar-refractivity contribution in [3.8, 4) is 0 Å². The first kappa shape index (κ1) is 20.1. The molecular weight excluding hydrogens is 340 g/mol. The van der Waals surface area contributed by atoms with Crippen LogP contribution in [0.4, 0.5) is 11.4 Å². The molecule has 0 unspecified atom stereocenters. The molecule has 1 aromatic rings. The van der Waals surface area contributed by atoms with Gasteiger partial charge in [-0.25, -0.2) is 5.84 Å². The van der Waals surface area contributed by atoms with Crippen LogP contribution < -0.4 is 16.6 Å². The lowest BCUT2D eigenvalue weighted by Gasteiger charge is -2.51. The van der Waals surface area contributed by atoms with E-state index in [0.717, 1.165) is 31.4 Å². The third kappa shape index (κ3) is 5.00. The summed E-state index contributed by atoms with van der Waals surface area (Å²) < 4.78 is 5.45. The van der Waals surface area contributed by atoms with Crippen molar-refractivity contribution < 1.29 is 9.53 Å². The Morgan fingerprint density at radius 3 is 2.63 bits per heavy atom. The van der Waals surface area contributed by atoms with Gasteiger partial charge in [0.1, 0.15) is 6.29 Å². The molecule has 1 heterocycles. The van der Waals surface area contributed by atoms with Crippen molar-refractivity contribution in [1.29, 1.82) is 0 Å². The van der Waals surface area contributed by atoms with Crippen LogP contribution in [0.3, 0.4) is 0 Å². The summed E-state index contributed by atoms with van der Waals surface area (Å²) in [5, 5.41) is 1.69. The summed E-state index contributed by atoms with van der Waals surface area (Å²) in [4.78, 5) is 13.4. The molecule has 1 saturated heterocycles. The van der Waals surface area contributed by atoms with Crippen molar-refractivity contribution in [3.63, 3.8) is 0 Å². The summed E-state index contributed by atoms with van der Waals surface area (Å²) in [7, 11) is 1.84. The van der Waals surface area contributed by atoms with E-state index in [1.165, 1.54) is 51.7 Å². The number of ether oxygens (including phenoxy) is 1. The Balaban J connectivity index is 1.29. The number of carbonyl (C=O) groups excluding carboxylic acids is 1. The molecule has 0 bridgehead atoms. The van der Waals surface area contributed by atoms with Gasteiger partial charge in [-0.05, 0) is 81.8 Å². The molecule has 0 atom stereocenters. The van der Waals surface area contributed by atoms with Crippen LogP contribution in [0.15, 0.2) is 18.2 Å². The van der Waals surface area contributed by atoms with E-state index in [2.05, 4.69) is 4.90 Å². The molecule has 2 aliphatic rings. The van der Waals surface area contributed by atoms with E-state index < -0.39 is 0 Å². The Kier molecular flexibility index (Phi) is 6.73. The molecule has 1 aliphatic heterocycles. The molecule has 6 nitrogen and oxygen atoms in total. The molecule has 27 heavy (non-hydrogen) atoms. The minimum absolute atomic E-state index is 0.513. The second kappa shape index (κ2) is 9.04. The van der Waals surface area contributed by atoms with Gasteiger partial charge in [0.25, 0.3) is 0 Å². The first-order valence-electron chi connectivity index (χ1n) is 10.2. The number of nitrogen functional groups attached to an aromatic ring is 1. The first-order valence-corrected chi connectivity index (χ1v) is 10.2. The number of hydrogen-bond acceptors (Lipinski definition) is 6. The predicted octanol–water partition coefficient (Wildman–Crippen LogP) is 2.82. The maximum Gasteiger partial charge on any atom is 0.150 e. The highest BCUT2D eigenvalue weighted by molar-refractivity contribution is 5.80. The molecule has 0 amide bonds. The Morgan fingerprint density at radius 1 is 1.26 bits per heavy atom. The zero-order valence-electron chi connectivity index (χ0n) is 16.5. The van der Waals surface area contributed by atoms with E-state index in [4.69, 9.17) is 16.3 Å². The Bertz CT molecular complexity index is 621. The lowest BCUT2D eigenvalue weighted by molar-refractivity contribution is -0.0877. The standard InChI is InChI=1S/C21H34N4O2/c1-27-18-14-21(15-18)7-11-24(12-8-21)9-3-2-4-10-25(23)20-6-5-17(16-26)13-19(20)22/h5-6,13,16,18H,2-4,7-12,14-15,22-23H2,1H3. The summed E-state index contributed by atoms with van der Waals surface area (Å²) in [6.45, 7) is 4.43. The number of likely N-dealkylation sites (tertiary alicyclic amines) is 1. The van der Waals surface area contributed by atoms with Crippen molar-refractivity contribution in [2.75, 3.05) is 44.0 Å². The number of methoxy groups -OCH3 is 1. The highest BCUT2D eigenvalue weighted by Crippen LogP contribution is 2.50. The molecule has 1 aliphatic carbocycles. The van der Waals surface area contributed by atoms with Gasteiger partial charge in [-0.2, -0.15) is 0 Å². The quantitative estimate of drug-likeness (QED) is 0.227. The fraction of sp³-hybridized carbons (Fsp3) is 0.667. The van der Waals surface area contributed by atoms with Gasteiger partial charge in [-0.1, -0.05) is 6.42 Å². The summed E-state index contributed by atoms with van der Waals surface area (Å²) in [5.74, 6) is 6.13. The average molecular weight is 375 g/mol. The van der Waals surface area contributed by atoms with Crippen LogP contribution in [0.2, 0.25) is 0 Å². The van der Waals surface area contributed by atoms with Gasteiger partial charge in [0.05, 0.1) is 17.5 Å². The summed E-state index contributed by atoms with van der Waals surface area (Å²) in [6, 6.07) is 5.23. The fourth-order valence-corrected chi connectivity index (χ4v) is 4.55. The molecule has 2 fully saturated rings. The molecule has 1 aromatic carbocycles. The third-order valence-corrected chi connectivity index (χ3v) is 6.44. The fourth-order valence-electron chi connectivity index (χ4n) is 4.55. The summed E-state index contributed by atoms with van der Waals surface area (Å²) in [5.41, 5.74) is 8.50. The molecule has 1 saturated carbocycles. The third-order valence-electron chi connectivity index (χ3n) is 6.44. The molecule has 4 N–H and O–H groups in total. The van der Waals surface area contributed by atoms with Gasteiger partial charge < -0.3 is 20.4 Å². The van der Waals surface area contributed by atoms with Crippen molar-refractivity contribution >= 4 is 17.7 Å². The predicted molar refractivity (Wildman–Crippen MR) is 110 cm³/mol. The van der Waals surface area contributed by atoms with E-state index in [1.54, 1.807) is 17.1 Å². The lowest BCUT2D eigenvalue weighted by Crippen LogP contribution is -2.49. The summed E-state index contributed by atoms with van der Waals surface area (Å²) in [6.07, 6.45) is 9.91. The number of anilines is 2. The van der Waals surface area contributed by atoms with Gasteiger partial charge in [0.15, 0.2) is 0 Å². The second-order valence-electron chi connectivity index (χ2n) is 8.30. The maximum atomic E-state index is 10.8. The van der Waals surface area contributed by atoms with Crippen molar-refractivity contribution in [2.45, 2.75) is 51.0 Å². The lowest BCUT2D eigenvalue weighted by atomic mass is 9.61. The minimum Gasteiger partial charge on any atom is -0.397 e. The summed E-state index contributed by atoms with van der Waals surface area (Å²) >= 11 is 0. The van der Waals surface area contributed by atoms with E-state index in [-0.39, 0.29) is 0 Å².